The Labute approximate surface area is 166 Å². The first-order valence-electron chi connectivity index (χ1n) is 9.08. The normalized spacial score (nSPS) is 12.3. The third-order valence-electron chi connectivity index (χ3n) is 4.29. The fourth-order valence-corrected chi connectivity index (χ4v) is 2.99. The zero-order valence-corrected chi connectivity index (χ0v) is 15.7. The van der Waals surface area contributed by atoms with Gasteiger partial charge in [-0.15, -0.1) is 0 Å². The summed E-state index contributed by atoms with van der Waals surface area (Å²) in [6.45, 7) is 0.983. The number of amides is 1. The largest absolute Gasteiger partial charge is 0.486 e. The van der Waals surface area contributed by atoms with Crippen LogP contribution in [0.2, 0.25) is 0 Å². The number of ether oxygens (including phenoxy) is 2. The fourth-order valence-electron chi connectivity index (χ4n) is 2.99. The van der Waals surface area contributed by atoms with Gasteiger partial charge in [0.15, 0.2) is 17.1 Å². The van der Waals surface area contributed by atoms with E-state index in [0.717, 1.165) is 5.69 Å². The molecule has 4 rings (SSSR count). The van der Waals surface area contributed by atoms with Crippen molar-refractivity contribution in [2.75, 3.05) is 36.2 Å². The quantitative estimate of drug-likeness (QED) is 0.583. The summed E-state index contributed by atoms with van der Waals surface area (Å²) in [6.07, 6.45) is 1.78. The van der Waals surface area contributed by atoms with Crippen molar-refractivity contribution in [2.24, 2.45) is 0 Å². The molecule has 0 saturated heterocycles. The van der Waals surface area contributed by atoms with Crippen LogP contribution in [0.3, 0.4) is 0 Å². The first kappa shape index (κ1) is 18.4. The van der Waals surface area contributed by atoms with Gasteiger partial charge in [0.2, 0.25) is 5.91 Å². The number of hydrogen-bond acceptors (Lipinski definition) is 8. The minimum atomic E-state index is -0.268. The molecule has 1 aliphatic rings. The Morgan fingerprint density at radius 3 is 3.00 bits per heavy atom. The van der Waals surface area contributed by atoms with Crippen LogP contribution in [0, 0.1) is 11.3 Å². The number of para-hydroxylation sites is 1. The average molecular weight is 393 g/mol. The van der Waals surface area contributed by atoms with Crippen LogP contribution in [0.15, 0.2) is 30.5 Å². The van der Waals surface area contributed by atoms with Crippen LogP contribution < -0.4 is 25.4 Å². The van der Waals surface area contributed by atoms with Crippen molar-refractivity contribution in [1.29, 1.82) is 5.26 Å². The molecule has 3 aromatic rings. The number of hydrogen-bond donors (Lipinski definition) is 3. The number of anilines is 4. The fraction of sp³-hybridized carbons (Fsp3) is 0.263. The van der Waals surface area contributed by atoms with Crippen molar-refractivity contribution in [2.45, 2.75) is 12.8 Å². The molecule has 3 N–H and O–H groups in total. The molecule has 0 atom stereocenters. The van der Waals surface area contributed by atoms with Crippen LogP contribution in [0.5, 0.6) is 11.5 Å². The highest BCUT2D eigenvalue weighted by Crippen LogP contribution is 2.38. The highest BCUT2D eigenvalue weighted by atomic mass is 16.6. The number of carbonyl (C=O) groups is 1. The molecule has 0 unspecified atom stereocenters. The van der Waals surface area contributed by atoms with Crippen molar-refractivity contribution in [3.05, 3.63) is 30.5 Å². The third-order valence-corrected chi connectivity index (χ3v) is 4.29. The first-order chi connectivity index (χ1) is 14.2. The lowest BCUT2D eigenvalue weighted by atomic mass is 10.2. The van der Waals surface area contributed by atoms with Crippen LogP contribution >= 0.6 is 0 Å². The molecule has 10 nitrogen and oxygen atoms in total. The Bertz CT molecular complexity index is 1100. The molecule has 0 fully saturated rings. The zero-order valence-electron chi connectivity index (χ0n) is 15.7. The molecule has 2 aromatic heterocycles. The summed E-state index contributed by atoms with van der Waals surface area (Å²) in [5, 5.41) is 22.0. The molecular weight excluding hydrogens is 374 g/mol. The highest BCUT2D eigenvalue weighted by molar-refractivity contribution is 5.94. The van der Waals surface area contributed by atoms with Crippen molar-refractivity contribution < 1.29 is 14.3 Å². The van der Waals surface area contributed by atoms with Crippen molar-refractivity contribution in [3.8, 4) is 17.6 Å². The van der Waals surface area contributed by atoms with E-state index in [1.54, 1.807) is 17.6 Å². The number of nitrogens with zero attached hydrogens (tertiary/aromatic N) is 4. The SMILES string of the molecule is CNc1cc(Nc2cccc3c2OCCO3)nc2c(NC(=O)CCC#N)cnn12. The van der Waals surface area contributed by atoms with Crippen LogP contribution in [0.25, 0.3) is 5.65 Å². The Hall–Kier alpha value is -4.00. The van der Waals surface area contributed by atoms with E-state index in [2.05, 4.69) is 26.0 Å². The van der Waals surface area contributed by atoms with E-state index in [1.807, 2.05) is 24.3 Å². The molecule has 0 saturated carbocycles. The van der Waals surface area contributed by atoms with E-state index in [0.29, 0.717) is 47.7 Å². The molecule has 0 spiro atoms. The summed E-state index contributed by atoms with van der Waals surface area (Å²) in [6, 6.07) is 9.34. The summed E-state index contributed by atoms with van der Waals surface area (Å²) < 4.78 is 12.9. The maximum Gasteiger partial charge on any atom is 0.225 e. The minimum absolute atomic E-state index is 0.109. The van der Waals surface area contributed by atoms with E-state index in [9.17, 15) is 4.79 Å². The number of fused-ring (bicyclic) bond motifs is 2. The highest BCUT2D eigenvalue weighted by Gasteiger charge is 2.18. The molecular formula is C19H19N7O3. The molecule has 1 amide bonds. The van der Waals surface area contributed by atoms with Gasteiger partial charge in [0.1, 0.15) is 30.5 Å². The van der Waals surface area contributed by atoms with Crippen molar-refractivity contribution in [3.63, 3.8) is 0 Å². The lowest BCUT2D eigenvalue weighted by Gasteiger charge is -2.21. The molecule has 0 radical (unpaired) electrons. The number of carbonyl (C=O) groups excluding carboxylic acids is 1. The van der Waals surface area contributed by atoms with E-state index in [-0.39, 0.29) is 18.7 Å². The predicted octanol–water partition coefficient (Wildman–Crippen LogP) is 2.53. The maximum atomic E-state index is 12.0. The Morgan fingerprint density at radius 2 is 2.17 bits per heavy atom. The zero-order chi connectivity index (χ0) is 20.2. The molecule has 1 aromatic carbocycles. The summed E-state index contributed by atoms with van der Waals surface area (Å²) in [5.74, 6) is 2.25. The van der Waals surface area contributed by atoms with Gasteiger partial charge in [-0.05, 0) is 12.1 Å². The van der Waals surface area contributed by atoms with Crippen molar-refractivity contribution in [1.82, 2.24) is 14.6 Å². The third kappa shape index (κ3) is 3.70. The summed E-state index contributed by atoms with van der Waals surface area (Å²) in [7, 11) is 1.77. The molecule has 3 heterocycles. The average Bonchev–Trinajstić information content (AvgIpc) is 3.14. The monoisotopic (exact) mass is 393 g/mol. The molecule has 0 bridgehead atoms. The van der Waals surface area contributed by atoms with Crippen molar-refractivity contribution >= 4 is 34.6 Å². The van der Waals surface area contributed by atoms with Gasteiger partial charge in [-0.3, -0.25) is 4.79 Å². The molecule has 148 valence electrons. The van der Waals surface area contributed by atoms with E-state index in [4.69, 9.17) is 14.7 Å². The first-order valence-corrected chi connectivity index (χ1v) is 9.08. The molecule has 29 heavy (non-hydrogen) atoms. The number of nitriles is 1. The number of aromatic nitrogens is 3. The number of benzene rings is 1. The second kappa shape index (κ2) is 7.93. The van der Waals surface area contributed by atoms with Crippen LogP contribution in [-0.4, -0.2) is 40.8 Å². The number of rotatable bonds is 6. The van der Waals surface area contributed by atoms with Gasteiger partial charge in [0.05, 0.1) is 18.0 Å². The number of nitrogens with one attached hydrogen (secondary N) is 3. The standard InChI is InChI=1S/C19H19N7O3/c1-21-16-10-15(23-12-4-2-5-14-18(12)29-9-8-28-14)25-19-13(11-22-26(16)19)24-17(27)6-3-7-20/h2,4-5,10-11,21H,3,6,8-9H2,1H3,(H,23,25)(H,24,27). The van der Waals surface area contributed by atoms with Gasteiger partial charge in [0, 0.05) is 26.0 Å². The second-order valence-corrected chi connectivity index (χ2v) is 6.23. The Kier molecular flexibility index (Phi) is 5.03. The predicted molar refractivity (Wildman–Crippen MR) is 107 cm³/mol. The summed E-state index contributed by atoms with van der Waals surface area (Å²) in [5.41, 5.74) is 1.65. The van der Waals surface area contributed by atoms with Gasteiger partial charge in [-0.2, -0.15) is 14.9 Å². The molecule has 10 heteroatoms. The maximum absolute atomic E-state index is 12.0. The van der Waals surface area contributed by atoms with Gasteiger partial charge in [-0.1, -0.05) is 6.07 Å². The van der Waals surface area contributed by atoms with E-state index >= 15 is 0 Å². The Balaban J connectivity index is 1.68. The second-order valence-electron chi connectivity index (χ2n) is 6.23. The van der Waals surface area contributed by atoms with Gasteiger partial charge in [-0.25, -0.2) is 4.98 Å². The lowest BCUT2D eigenvalue weighted by molar-refractivity contribution is -0.116. The van der Waals surface area contributed by atoms with Crippen LogP contribution in [-0.2, 0) is 4.79 Å². The summed E-state index contributed by atoms with van der Waals surface area (Å²) in [4.78, 5) is 16.6. The Morgan fingerprint density at radius 1 is 1.31 bits per heavy atom. The smallest absolute Gasteiger partial charge is 0.225 e. The molecule has 0 aliphatic carbocycles. The lowest BCUT2D eigenvalue weighted by Crippen LogP contribution is -2.16. The van der Waals surface area contributed by atoms with E-state index in [1.165, 1.54) is 6.20 Å². The van der Waals surface area contributed by atoms with Gasteiger partial charge < -0.3 is 25.4 Å². The van der Waals surface area contributed by atoms with Gasteiger partial charge in [0.25, 0.3) is 0 Å². The van der Waals surface area contributed by atoms with Crippen LogP contribution in [0.4, 0.5) is 23.0 Å². The van der Waals surface area contributed by atoms with Crippen LogP contribution in [0.1, 0.15) is 12.8 Å². The van der Waals surface area contributed by atoms with E-state index < -0.39 is 0 Å². The topological polar surface area (TPSA) is 126 Å². The summed E-state index contributed by atoms with van der Waals surface area (Å²) >= 11 is 0. The minimum Gasteiger partial charge on any atom is -0.486 e. The van der Waals surface area contributed by atoms with Gasteiger partial charge >= 0.3 is 0 Å². The molecule has 1 aliphatic heterocycles.